The summed E-state index contributed by atoms with van der Waals surface area (Å²) in [5, 5.41) is 9.02. The Morgan fingerprint density at radius 2 is 2.38 bits per heavy atom. The van der Waals surface area contributed by atoms with Crippen molar-refractivity contribution in [3.63, 3.8) is 0 Å². The second-order valence-corrected chi connectivity index (χ2v) is 3.72. The van der Waals surface area contributed by atoms with E-state index in [4.69, 9.17) is 15.6 Å². The highest BCUT2D eigenvalue weighted by atomic mass is 16.5. The number of hydrogen-bond donors (Lipinski definition) is 2. The van der Waals surface area contributed by atoms with Gasteiger partial charge in [-0.3, -0.25) is 0 Å². The normalized spacial score (nSPS) is 12.4. The predicted molar refractivity (Wildman–Crippen MR) is 61.1 cm³/mol. The fourth-order valence-corrected chi connectivity index (χ4v) is 1.36. The van der Waals surface area contributed by atoms with Crippen molar-refractivity contribution in [3.8, 4) is 0 Å². The van der Waals surface area contributed by atoms with E-state index in [2.05, 4.69) is 0 Å². The van der Waals surface area contributed by atoms with Crippen LogP contribution in [-0.2, 0) is 11.3 Å². The Balaban J connectivity index is 2.58. The smallest absolute Gasteiger partial charge is 0.355 e. The number of anilines is 1. The molecule has 0 fully saturated rings. The van der Waals surface area contributed by atoms with Crippen molar-refractivity contribution in [1.29, 1.82) is 0 Å². The first kappa shape index (κ1) is 12.6. The lowest BCUT2D eigenvalue weighted by Gasteiger charge is -2.07. The van der Waals surface area contributed by atoms with Gasteiger partial charge in [-0.25, -0.2) is 4.79 Å². The molecule has 1 heterocycles. The molecule has 0 saturated carbocycles. The van der Waals surface area contributed by atoms with Crippen LogP contribution in [0.25, 0.3) is 0 Å². The minimum atomic E-state index is -0.462. The number of ether oxygens (including phenoxy) is 1. The van der Waals surface area contributed by atoms with Crippen molar-refractivity contribution in [2.45, 2.75) is 32.9 Å². The summed E-state index contributed by atoms with van der Waals surface area (Å²) in [5.74, 6) is -0.404. The van der Waals surface area contributed by atoms with Gasteiger partial charge in [0.2, 0.25) is 0 Å². The van der Waals surface area contributed by atoms with Gasteiger partial charge in [-0.1, -0.05) is 0 Å². The maximum atomic E-state index is 11.6. The summed E-state index contributed by atoms with van der Waals surface area (Å²) < 4.78 is 6.76. The molecule has 0 radical (unpaired) electrons. The minimum Gasteiger partial charge on any atom is -0.461 e. The number of aliphatic hydroxyl groups excluding tert-OH is 1. The summed E-state index contributed by atoms with van der Waals surface area (Å²) in [6, 6.07) is 1.59. The zero-order chi connectivity index (χ0) is 12.1. The van der Waals surface area contributed by atoms with Crippen molar-refractivity contribution < 1.29 is 14.6 Å². The molecule has 1 atom stereocenters. The lowest BCUT2D eigenvalue weighted by Crippen LogP contribution is -2.14. The van der Waals surface area contributed by atoms with E-state index in [9.17, 15) is 4.79 Å². The molecular formula is C11H18N2O3. The number of nitrogens with two attached hydrogens (primary N) is 1. The molecule has 5 nitrogen and oxygen atoms in total. The number of aliphatic hydroxyl groups is 1. The molecular weight excluding hydrogens is 208 g/mol. The molecule has 0 aliphatic carbocycles. The van der Waals surface area contributed by atoms with Crippen LogP contribution in [-0.4, -0.2) is 28.4 Å². The maximum absolute atomic E-state index is 11.6. The topological polar surface area (TPSA) is 77.5 Å². The minimum absolute atomic E-state index is 0.214. The number of carbonyl (C=O) groups excluding carboxylic acids is 1. The van der Waals surface area contributed by atoms with Crippen LogP contribution in [0.3, 0.4) is 0 Å². The standard InChI is InChI=1S/C11H18N2O3/c1-3-13-7-9(12)6-10(13)11(15)16-5-4-8(2)14/h6-8,14H,3-5,12H2,1-2H3. The molecule has 1 aromatic rings. The van der Waals surface area contributed by atoms with Gasteiger partial charge in [0, 0.05) is 19.2 Å². The van der Waals surface area contributed by atoms with E-state index in [0.29, 0.717) is 24.3 Å². The molecule has 0 amide bonds. The molecule has 0 aromatic carbocycles. The number of hydrogen-bond acceptors (Lipinski definition) is 4. The van der Waals surface area contributed by atoms with Crippen molar-refractivity contribution >= 4 is 11.7 Å². The molecule has 0 bridgehead atoms. The van der Waals surface area contributed by atoms with Crippen LogP contribution in [0.5, 0.6) is 0 Å². The van der Waals surface area contributed by atoms with Gasteiger partial charge in [-0.05, 0) is 19.9 Å². The Kier molecular flexibility index (Phi) is 4.37. The van der Waals surface area contributed by atoms with Gasteiger partial charge in [0.25, 0.3) is 0 Å². The summed E-state index contributed by atoms with van der Waals surface area (Å²) in [6.07, 6.45) is 1.68. The van der Waals surface area contributed by atoms with E-state index in [0.717, 1.165) is 0 Å². The molecule has 1 aromatic heterocycles. The Morgan fingerprint density at radius 3 is 2.94 bits per heavy atom. The number of nitrogen functional groups attached to an aromatic ring is 1. The average Bonchev–Trinajstić information content (AvgIpc) is 2.59. The second kappa shape index (κ2) is 5.55. The van der Waals surface area contributed by atoms with E-state index < -0.39 is 12.1 Å². The third-order valence-electron chi connectivity index (χ3n) is 2.24. The molecule has 1 unspecified atom stereocenters. The van der Waals surface area contributed by atoms with Gasteiger partial charge in [-0.15, -0.1) is 0 Å². The highest BCUT2D eigenvalue weighted by Crippen LogP contribution is 2.12. The Labute approximate surface area is 94.8 Å². The second-order valence-electron chi connectivity index (χ2n) is 3.72. The monoisotopic (exact) mass is 226 g/mol. The van der Waals surface area contributed by atoms with E-state index in [1.165, 1.54) is 0 Å². The summed E-state index contributed by atoms with van der Waals surface area (Å²) in [4.78, 5) is 11.6. The molecule has 0 aliphatic rings. The number of rotatable bonds is 5. The van der Waals surface area contributed by atoms with Crippen molar-refractivity contribution in [1.82, 2.24) is 4.57 Å². The van der Waals surface area contributed by atoms with Crippen molar-refractivity contribution in [2.24, 2.45) is 0 Å². The van der Waals surface area contributed by atoms with Crippen molar-refractivity contribution in [2.75, 3.05) is 12.3 Å². The summed E-state index contributed by atoms with van der Waals surface area (Å²) >= 11 is 0. The Morgan fingerprint density at radius 1 is 1.69 bits per heavy atom. The fraction of sp³-hybridized carbons (Fsp3) is 0.545. The average molecular weight is 226 g/mol. The van der Waals surface area contributed by atoms with Gasteiger partial charge >= 0.3 is 5.97 Å². The van der Waals surface area contributed by atoms with Crippen LogP contribution in [0.15, 0.2) is 12.3 Å². The lowest BCUT2D eigenvalue weighted by molar-refractivity contribution is 0.0432. The van der Waals surface area contributed by atoms with Crippen LogP contribution < -0.4 is 5.73 Å². The molecule has 16 heavy (non-hydrogen) atoms. The molecule has 0 spiro atoms. The lowest BCUT2D eigenvalue weighted by atomic mass is 10.3. The Hall–Kier alpha value is -1.49. The zero-order valence-corrected chi connectivity index (χ0v) is 9.64. The summed E-state index contributed by atoms with van der Waals surface area (Å²) in [6.45, 7) is 4.45. The van der Waals surface area contributed by atoms with E-state index >= 15 is 0 Å². The third kappa shape index (κ3) is 3.27. The molecule has 5 heteroatoms. The van der Waals surface area contributed by atoms with Gasteiger partial charge in [0.1, 0.15) is 5.69 Å². The SMILES string of the molecule is CCn1cc(N)cc1C(=O)OCCC(C)O. The first-order valence-corrected chi connectivity index (χ1v) is 5.35. The predicted octanol–water partition coefficient (Wildman–Crippen LogP) is 1.02. The van der Waals surface area contributed by atoms with Gasteiger partial charge in [-0.2, -0.15) is 0 Å². The number of aryl methyl sites for hydroxylation is 1. The molecule has 0 aliphatic heterocycles. The van der Waals surface area contributed by atoms with Gasteiger partial charge < -0.3 is 20.1 Å². The number of carbonyl (C=O) groups is 1. The molecule has 3 N–H and O–H groups in total. The van der Waals surface area contributed by atoms with Gasteiger partial charge in [0.15, 0.2) is 0 Å². The zero-order valence-electron chi connectivity index (χ0n) is 9.64. The van der Waals surface area contributed by atoms with Crippen LogP contribution in [0.4, 0.5) is 5.69 Å². The van der Waals surface area contributed by atoms with Crippen LogP contribution in [0, 0.1) is 0 Å². The van der Waals surface area contributed by atoms with Crippen molar-refractivity contribution in [3.05, 3.63) is 18.0 Å². The summed E-state index contributed by atoms with van der Waals surface area (Å²) in [7, 11) is 0. The van der Waals surface area contributed by atoms with E-state index in [1.807, 2.05) is 6.92 Å². The summed E-state index contributed by atoms with van der Waals surface area (Å²) in [5.41, 5.74) is 6.60. The van der Waals surface area contributed by atoms with Gasteiger partial charge in [0.05, 0.1) is 18.4 Å². The number of esters is 1. The third-order valence-corrected chi connectivity index (χ3v) is 2.24. The van der Waals surface area contributed by atoms with E-state index in [-0.39, 0.29) is 6.61 Å². The van der Waals surface area contributed by atoms with Crippen LogP contribution in [0.2, 0.25) is 0 Å². The quantitative estimate of drug-likeness (QED) is 0.735. The Bertz CT molecular complexity index is 358. The van der Waals surface area contributed by atoms with E-state index in [1.54, 1.807) is 23.8 Å². The molecule has 0 saturated heterocycles. The first-order valence-electron chi connectivity index (χ1n) is 5.35. The maximum Gasteiger partial charge on any atom is 0.355 e. The largest absolute Gasteiger partial charge is 0.461 e. The molecule has 90 valence electrons. The highest BCUT2D eigenvalue weighted by Gasteiger charge is 2.13. The number of nitrogens with zero attached hydrogens (tertiary/aromatic N) is 1. The van der Waals surface area contributed by atoms with Crippen LogP contribution >= 0.6 is 0 Å². The number of aromatic nitrogens is 1. The molecule has 1 rings (SSSR count). The fourth-order valence-electron chi connectivity index (χ4n) is 1.36. The first-order chi connectivity index (χ1) is 7.54. The van der Waals surface area contributed by atoms with Crippen LogP contribution in [0.1, 0.15) is 30.8 Å². The highest BCUT2D eigenvalue weighted by molar-refractivity contribution is 5.89.